The molecule has 1 N–H and O–H groups in total. The van der Waals surface area contributed by atoms with E-state index < -0.39 is 0 Å². The third-order valence-corrected chi connectivity index (χ3v) is 5.23. The van der Waals surface area contributed by atoms with Crippen molar-refractivity contribution in [1.82, 2.24) is 4.98 Å². The molecule has 0 aliphatic carbocycles. The van der Waals surface area contributed by atoms with Gasteiger partial charge in [-0.25, -0.2) is 4.98 Å². The van der Waals surface area contributed by atoms with Crippen molar-refractivity contribution in [2.24, 2.45) is 0 Å². The van der Waals surface area contributed by atoms with E-state index >= 15 is 0 Å². The van der Waals surface area contributed by atoms with Crippen LogP contribution in [0.1, 0.15) is 27.4 Å². The van der Waals surface area contributed by atoms with Crippen molar-refractivity contribution in [3.8, 4) is 6.07 Å². The first kappa shape index (κ1) is 15.0. The van der Waals surface area contributed by atoms with Gasteiger partial charge < -0.3 is 5.11 Å². The molecule has 1 heterocycles. The Morgan fingerprint density at radius 2 is 2.15 bits per heavy atom. The van der Waals surface area contributed by atoms with Crippen molar-refractivity contribution in [2.45, 2.75) is 18.1 Å². The topological polar surface area (TPSA) is 56.9 Å². The number of hydrogen-bond acceptors (Lipinski definition) is 5. The van der Waals surface area contributed by atoms with Crippen molar-refractivity contribution in [1.29, 1.82) is 5.26 Å². The van der Waals surface area contributed by atoms with Crippen molar-refractivity contribution in [2.75, 3.05) is 12.4 Å². The van der Waals surface area contributed by atoms with Gasteiger partial charge in [-0.3, -0.25) is 0 Å². The van der Waals surface area contributed by atoms with E-state index in [1.807, 2.05) is 42.6 Å². The number of thioether (sulfide) groups is 1. The van der Waals surface area contributed by atoms with Crippen LogP contribution in [0, 0.1) is 18.3 Å². The third-order valence-electron chi connectivity index (χ3n) is 2.86. The minimum atomic E-state index is -0.285. The minimum absolute atomic E-state index is 0.00102. The first-order chi connectivity index (χ1) is 9.76. The van der Waals surface area contributed by atoms with Crippen LogP contribution in [-0.2, 0) is 0 Å². The molecule has 1 aromatic heterocycles. The standard InChI is InChI=1S/C15H16N2OS2/c1-11-10-20-15(17-11)13(9-16)14(19-8-7-18)12-5-3-2-4-6-12/h2-6,10,13-14,18H,7-8H2,1H3. The van der Waals surface area contributed by atoms with Crippen LogP contribution in [-0.4, -0.2) is 22.5 Å². The quantitative estimate of drug-likeness (QED) is 0.887. The number of nitrogens with zero attached hydrogens (tertiary/aromatic N) is 2. The third kappa shape index (κ3) is 3.60. The smallest absolute Gasteiger partial charge is 0.114 e. The van der Waals surface area contributed by atoms with Crippen LogP contribution in [0.15, 0.2) is 35.7 Å². The van der Waals surface area contributed by atoms with Gasteiger partial charge in [-0.1, -0.05) is 30.3 Å². The lowest BCUT2D eigenvalue weighted by molar-refractivity contribution is 0.322. The van der Waals surface area contributed by atoms with Gasteiger partial charge in [-0.15, -0.1) is 23.1 Å². The molecule has 0 amide bonds. The predicted octanol–water partition coefficient (Wildman–Crippen LogP) is 3.53. The second kappa shape index (κ2) is 7.44. The van der Waals surface area contributed by atoms with Crippen molar-refractivity contribution < 1.29 is 5.11 Å². The molecule has 2 aromatic rings. The molecule has 0 fully saturated rings. The Morgan fingerprint density at radius 3 is 2.70 bits per heavy atom. The molecule has 2 rings (SSSR count). The highest BCUT2D eigenvalue weighted by Gasteiger charge is 2.27. The van der Waals surface area contributed by atoms with E-state index in [1.54, 1.807) is 11.8 Å². The van der Waals surface area contributed by atoms with Crippen LogP contribution in [0.5, 0.6) is 0 Å². The Kier molecular flexibility index (Phi) is 5.60. The van der Waals surface area contributed by atoms with Crippen LogP contribution in [0.3, 0.4) is 0 Å². The minimum Gasteiger partial charge on any atom is -0.396 e. The number of thiazole rings is 1. The molecular weight excluding hydrogens is 288 g/mol. The summed E-state index contributed by atoms with van der Waals surface area (Å²) in [7, 11) is 0. The Labute approximate surface area is 127 Å². The average Bonchev–Trinajstić information content (AvgIpc) is 2.90. The van der Waals surface area contributed by atoms with E-state index in [0.717, 1.165) is 16.3 Å². The van der Waals surface area contributed by atoms with Crippen molar-refractivity contribution in [3.63, 3.8) is 0 Å². The molecule has 2 atom stereocenters. The largest absolute Gasteiger partial charge is 0.396 e. The zero-order valence-electron chi connectivity index (χ0n) is 11.2. The maximum absolute atomic E-state index is 9.56. The molecule has 0 saturated heterocycles. The van der Waals surface area contributed by atoms with Gasteiger partial charge in [0.25, 0.3) is 0 Å². The zero-order chi connectivity index (χ0) is 14.4. The average molecular weight is 304 g/mol. The van der Waals surface area contributed by atoms with Gasteiger partial charge in [0.05, 0.1) is 17.9 Å². The molecule has 2 unspecified atom stereocenters. The lowest BCUT2D eigenvalue weighted by Gasteiger charge is -2.20. The predicted molar refractivity (Wildman–Crippen MR) is 83.9 cm³/mol. The highest BCUT2D eigenvalue weighted by atomic mass is 32.2. The van der Waals surface area contributed by atoms with Crippen LogP contribution in [0.25, 0.3) is 0 Å². The number of hydrogen-bond donors (Lipinski definition) is 1. The highest BCUT2D eigenvalue weighted by molar-refractivity contribution is 7.99. The summed E-state index contributed by atoms with van der Waals surface area (Å²) in [6.45, 7) is 2.05. The Hall–Kier alpha value is -1.35. The van der Waals surface area contributed by atoms with Crippen LogP contribution < -0.4 is 0 Å². The zero-order valence-corrected chi connectivity index (χ0v) is 12.8. The summed E-state index contributed by atoms with van der Waals surface area (Å²) in [4.78, 5) is 4.46. The second-order valence-corrected chi connectivity index (χ2v) is 6.50. The Bertz CT molecular complexity index is 577. The van der Waals surface area contributed by atoms with Gasteiger partial charge in [-0.05, 0) is 12.5 Å². The molecule has 0 aliphatic rings. The van der Waals surface area contributed by atoms with Gasteiger partial charge in [0, 0.05) is 16.8 Å². The van der Waals surface area contributed by atoms with Gasteiger partial charge >= 0.3 is 0 Å². The summed E-state index contributed by atoms with van der Waals surface area (Å²) in [6.07, 6.45) is 0. The van der Waals surface area contributed by atoms with Gasteiger partial charge in [0.1, 0.15) is 10.9 Å². The summed E-state index contributed by atoms with van der Waals surface area (Å²) < 4.78 is 0. The number of nitriles is 1. The van der Waals surface area contributed by atoms with Crippen LogP contribution in [0.4, 0.5) is 0 Å². The molecule has 5 heteroatoms. The number of aliphatic hydroxyl groups excluding tert-OH is 1. The molecule has 0 bridgehead atoms. The fourth-order valence-electron chi connectivity index (χ4n) is 1.97. The molecule has 0 spiro atoms. The maximum Gasteiger partial charge on any atom is 0.114 e. The van der Waals surface area contributed by atoms with Crippen molar-refractivity contribution in [3.05, 3.63) is 52.0 Å². The lowest BCUT2D eigenvalue weighted by Crippen LogP contribution is -2.08. The maximum atomic E-state index is 9.56. The van der Waals surface area contributed by atoms with Gasteiger partial charge in [0.15, 0.2) is 0 Å². The van der Waals surface area contributed by atoms with E-state index in [9.17, 15) is 5.26 Å². The molecule has 3 nitrogen and oxygen atoms in total. The molecule has 104 valence electrons. The van der Waals surface area contributed by atoms with Crippen LogP contribution in [0.2, 0.25) is 0 Å². The van der Waals surface area contributed by atoms with Crippen molar-refractivity contribution >= 4 is 23.1 Å². The van der Waals surface area contributed by atoms with Crippen LogP contribution >= 0.6 is 23.1 Å². The fourth-order valence-corrected chi connectivity index (χ4v) is 4.03. The molecule has 20 heavy (non-hydrogen) atoms. The van der Waals surface area contributed by atoms with E-state index in [-0.39, 0.29) is 17.8 Å². The highest BCUT2D eigenvalue weighted by Crippen LogP contribution is 2.42. The van der Waals surface area contributed by atoms with Gasteiger partial charge in [0.2, 0.25) is 0 Å². The Balaban J connectivity index is 2.31. The molecule has 1 aromatic carbocycles. The summed E-state index contributed by atoms with van der Waals surface area (Å²) in [5.41, 5.74) is 2.05. The lowest BCUT2D eigenvalue weighted by atomic mass is 10.0. The number of rotatable bonds is 6. The summed E-state index contributed by atoms with van der Waals surface area (Å²) in [5.74, 6) is 0.329. The second-order valence-electron chi connectivity index (χ2n) is 4.36. The number of aryl methyl sites for hydroxylation is 1. The molecule has 0 saturated carbocycles. The summed E-state index contributed by atoms with van der Waals surface area (Å²) in [6, 6.07) is 12.4. The van der Waals surface area contributed by atoms with E-state index in [2.05, 4.69) is 11.1 Å². The monoisotopic (exact) mass is 304 g/mol. The fraction of sp³-hybridized carbons (Fsp3) is 0.333. The number of aliphatic hydroxyl groups is 1. The van der Waals surface area contributed by atoms with Gasteiger partial charge in [-0.2, -0.15) is 5.26 Å². The molecule has 0 aliphatic heterocycles. The first-order valence-electron chi connectivity index (χ1n) is 6.35. The normalized spacial score (nSPS) is 13.7. The summed E-state index contributed by atoms with van der Waals surface area (Å²) in [5, 5.41) is 21.5. The Morgan fingerprint density at radius 1 is 1.40 bits per heavy atom. The van der Waals surface area contributed by atoms with E-state index in [4.69, 9.17) is 5.11 Å². The molecular formula is C15H16N2OS2. The SMILES string of the molecule is Cc1csc(C(C#N)C(SCCO)c2ccccc2)n1. The molecule has 0 radical (unpaired) electrons. The first-order valence-corrected chi connectivity index (χ1v) is 8.28. The van der Waals surface area contributed by atoms with E-state index in [1.165, 1.54) is 11.3 Å². The number of aromatic nitrogens is 1. The number of benzene rings is 1. The summed E-state index contributed by atoms with van der Waals surface area (Å²) >= 11 is 3.13. The van der Waals surface area contributed by atoms with E-state index in [0.29, 0.717) is 5.75 Å².